The van der Waals surface area contributed by atoms with E-state index >= 15 is 0 Å². The Kier molecular flexibility index (Phi) is 8.72. The molecular weight excluding hydrogens is 332 g/mol. The number of thiophene rings is 1. The third-order valence-corrected chi connectivity index (χ3v) is 5.34. The molecular formula is C19H34N4OS. The zero-order chi connectivity index (χ0) is 18.1. The van der Waals surface area contributed by atoms with Crippen LogP contribution in [0.4, 0.5) is 0 Å². The first-order valence-corrected chi connectivity index (χ1v) is 10.4. The summed E-state index contributed by atoms with van der Waals surface area (Å²) < 4.78 is 5.92. The lowest BCUT2D eigenvalue weighted by atomic mass is 10.1. The molecule has 0 bridgehead atoms. The van der Waals surface area contributed by atoms with E-state index in [0.717, 1.165) is 51.8 Å². The van der Waals surface area contributed by atoms with Gasteiger partial charge >= 0.3 is 0 Å². The van der Waals surface area contributed by atoms with Gasteiger partial charge in [-0.15, -0.1) is 11.3 Å². The molecule has 0 spiro atoms. The Balaban J connectivity index is 1.81. The number of nitrogens with zero attached hydrogens (tertiary/aromatic N) is 2. The fourth-order valence-corrected chi connectivity index (χ4v) is 3.81. The molecule has 1 aliphatic rings. The normalized spacial score (nSPS) is 20.7. The molecule has 1 aliphatic heterocycles. The molecule has 1 aromatic heterocycles. The Morgan fingerprint density at radius 1 is 1.40 bits per heavy atom. The molecule has 2 unspecified atom stereocenters. The van der Waals surface area contributed by atoms with Crippen LogP contribution in [-0.4, -0.2) is 62.8 Å². The molecule has 0 saturated carbocycles. The summed E-state index contributed by atoms with van der Waals surface area (Å²) in [7, 11) is 0. The molecule has 0 aliphatic carbocycles. The molecule has 2 rings (SSSR count). The number of morpholine rings is 1. The van der Waals surface area contributed by atoms with Crippen LogP contribution in [0.5, 0.6) is 0 Å². The minimum atomic E-state index is 0.228. The van der Waals surface area contributed by atoms with E-state index in [1.807, 2.05) is 0 Å². The molecule has 142 valence electrons. The molecule has 0 radical (unpaired) electrons. The lowest BCUT2D eigenvalue weighted by Crippen LogP contribution is -2.50. The van der Waals surface area contributed by atoms with E-state index in [1.165, 1.54) is 4.88 Å². The van der Waals surface area contributed by atoms with Crippen molar-refractivity contribution >= 4 is 17.3 Å². The van der Waals surface area contributed by atoms with Gasteiger partial charge < -0.3 is 15.4 Å². The van der Waals surface area contributed by atoms with Crippen LogP contribution in [0, 0.1) is 5.92 Å². The predicted molar refractivity (Wildman–Crippen MR) is 108 cm³/mol. The highest BCUT2D eigenvalue weighted by atomic mass is 32.1. The summed E-state index contributed by atoms with van der Waals surface area (Å²) in [5.41, 5.74) is 0. The van der Waals surface area contributed by atoms with Crippen molar-refractivity contribution in [1.82, 2.24) is 15.5 Å². The van der Waals surface area contributed by atoms with Gasteiger partial charge in [0.2, 0.25) is 0 Å². The van der Waals surface area contributed by atoms with E-state index in [4.69, 9.17) is 9.73 Å². The largest absolute Gasteiger partial charge is 0.374 e. The number of hydrogen-bond acceptors (Lipinski definition) is 4. The monoisotopic (exact) mass is 366 g/mol. The smallest absolute Gasteiger partial charge is 0.191 e. The van der Waals surface area contributed by atoms with Crippen LogP contribution in [0.1, 0.15) is 38.5 Å². The van der Waals surface area contributed by atoms with Gasteiger partial charge in [0.05, 0.1) is 19.3 Å². The van der Waals surface area contributed by atoms with Crippen LogP contribution < -0.4 is 10.6 Å². The summed E-state index contributed by atoms with van der Waals surface area (Å²) in [6.07, 6.45) is 0.228. The number of rotatable bonds is 8. The Hall–Kier alpha value is -1.11. The Morgan fingerprint density at radius 3 is 2.92 bits per heavy atom. The maximum Gasteiger partial charge on any atom is 0.191 e. The second kappa shape index (κ2) is 10.8. The average Bonchev–Trinajstić information content (AvgIpc) is 3.11. The molecule has 2 atom stereocenters. The third kappa shape index (κ3) is 7.34. The number of guanidine groups is 1. The molecule has 2 heterocycles. The molecule has 6 heteroatoms. The van der Waals surface area contributed by atoms with Crippen molar-refractivity contribution in [2.45, 2.75) is 39.7 Å². The highest BCUT2D eigenvalue weighted by Crippen LogP contribution is 2.20. The molecule has 1 saturated heterocycles. The quantitative estimate of drug-likeness (QED) is 0.549. The molecule has 0 amide bonds. The van der Waals surface area contributed by atoms with Gasteiger partial charge in [-0.25, -0.2) is 0 Å². The van der Waals surface area contributed by atoms with E-state index in [2.05, 4.69) is 60.7 Å². The minimum Gasteiger partial charge on any atom is -0.374 e. The highest BCUT2D eigenvalue weighted by Gasteiger charge is 2.21. The summed E-state index contributed by atoms with van der Waals surface area (Å²) >= 11 is 1.80. The van der Waals surface area contributed by atoms with Crippen LogP contribution in [-0.2, 0) is 4.74 Å². The zero-order valence-electron chi connectivity index (χ0n) is 16.1. The van der Waals surface area contributed by atoms with Crippen LogP contribution in [0.3, 0.4) is 0 Å². The molecule has 5 nitrogen and oxygen atoms in total. The van der Waals surface area contributed by atoms with Crippen molar-refractivity contribution in [3.63, 3.8) is 0 Å². The summed E-state index contributed by atoms with van der Waals surface area (Å²) in [6, 6.07) is 4.29. The van der Waals surface area contributed by atoms with Crippen molar-refractivity contribution in [1.29, 1.82) is 0 Å². The van der Waals surface area contributed by atoms with Gasteiger partial charge in [-0.05, 0) is 24.3 Å². The third-order valence-electron chi connectivity index (χ3n) is 4.24. The lowest BCUT2D eigenvalue weighted by Gasteiger charge is -2.34. The van der Waals surface area contributed by atoms with Crippen LogP contribution in [0.25, 0.3) is 0 Å². The van der Waals surface area contributed by atoms with Gasteiger partial charge in [0.15, 0.2) is 5.96 Å². The first-order valence-electron chi connectivity index (χ1n) is 9.48. The van der Waals surface area contributed by atoms with Gasteiger partial charge in [-0.3, -0.25) is 9.89 Å². The van der Waals surface area contributed by atoms with Gasteiger partial charge in [0.1, 0.15) is 0 Å². The van der Waals surface area contributed by atoms with Crippen LogP contribution in [0.2, 0.25) is 0 Å². The van der Waals surface area contributed by atoms with E-state index < -0.39 is 0 Å². The zero-order valence-corrected chi connectivity index (χ0v) is 16.9. The molecule has 1 aromatic rings. The van der Waals surface area contributed by atoms with Crippen molar-refractivity contribution in [2.75, 3.05) is 45.9 Å². The first kappa shape index (κ1) is 20.2. The average molecular weight is 367 g/mol. The number of hydrogen-bond donors (Lipinski definition) is 2. The molecule has 1 fully saturated rings. The summed E-state index contributed by atoms with van der Waals surface area (Å²) in [5.74, 6) is 2.03. The van der Waals surface area contributed by atoms with Gasteiger partial charge in [-0.2, -0.15) is 0 Å². The SMILES string of the molecule is CCNC(=NCC(C)c1cccs1)NCC1CN(CC(C)C)CCO1. The first-order chi connectivity index (χ1) is 12.1. The molecule has 0 aromatic carbocycles. The van der Waals surface area contributed by atoms with Crippen molar-refractivity contribution in [3.05, 3.63) is 22.4 Å². The number of aliphatic imine (C=N–C) groups is 1. The van der Waals surface area contributed by atoms with Crippen LogP contribution >= 0.6 is 11.3 Å². The fourth-order valence-electron chi connectivity index (χ4n) is 3.03. The maximum atomic E-state index is 5.92. The highest BCUT2D eigenvalue weighted by molar-refractivity contribution is 7.10. The van der Waals surface area contributed by atoms with Gasteiger partial charge in [0, 0.05) is 43.5 Å². The van der Waals surface area contributed by atoms with E-state index in [9.17, 15) is 0 Å². The van der Waals surface area contributed by atoms with Crippen LogP contribution in [0.15, 0.2) is 22.5 Å². The minimum absolute atomic E-state index is 0.228. The molecule has 25 heavy (non-hydrogen) atoms. The number of nitrogens with one attached hydrogen (secondary N) is 2. The lowest BCUT2D eigenvalue weighted by molar-refractivity contribution is -0.0284. The van der Waals surface area contributed by atoms with Gasteiger partial charge in [0.25, 0.3) is 0 Å². The predicted octanol–water partition coefficient (Wildman–Crippen LogP) is 2.76. The summed E-state index contributed by atoms with van der Waals surface area (Å²) in [6.45, 7) is 15.3. The standard InChI is InChI=1S/C19H34N4OS/c1-5-20-19(21-11-16(4)18-7-6-10-25-18)22-12-17-14-23(8-9-24-17)13-15(2)3/h6-7,10,15-17H,5,8-9,11-14H2,1-4H3,(H2,20,21,22). The van der Waals surface area contributed by atoms with Crippen molar-refractivity contribution < 1.29 is 4.74 Å². The topological polar surface area (TPSA) is 48.9 Å². The number of ether oxygens (including phenoxy) is 1. The maximum absolute atomic E-state index is 5.92. The Morgan fingerprint density at radius 2 is 2.24 bits per heavy atom. The van der Waals surface area contributed by atoms with E-state index in [-0.39, 0.29) is 6.10 Å². The fraction of sp³-hybridized carbons (Fsp3) is 0.737. The Bertz CT molecular complexity index is 504. The van der Waals surface area contributed by atoms with Gasteiger partial charge in [-0.1, -0.05) is 26.8 Å². The van der Waals surface area contributed by atoms with E-state index in [0.29, 0.717) is 11.8 Å². The second-order valence-corrected chi connectivity index (χ2v) is 8.14. The summed E-state index contributed by atoms with van der Waals surface area (Å²) in [5, 5.41) is 8.92. The Labute approximate surface area is 156 Å². The summed E-state index contributed by atoms with van der Waals surface area (Å²) in [4.78, 5) is 8.64. The molecule has 2 N–H and O–H groups in total. The second-order valence-electron chi connectivity index (χ2n) is 7.16. The van der Waals surface area contributed by atoms with Crippen molar-refractivity contribution in [3.8, 4) is 0 Å². The van der Waals surface area contributed by atoms with E-state index in [1.54, 1.807) is 11.3 Å². The van der Waals surface area contributed by atoms with Crippen molar-refractivity contribution in [2.24, 2.45) is 10.9 Å².